The van der Waals surface area contributed by atoms with E-state index in [1.165, 1.54) is 17.2 Å². The van der Waals surface area contributed by atoms with Gasteiger partial charge in [-0.15, -0.1) is 0 Å². The highest BCUT2D eigenvalue weighted by Gasteiger charge is 2.47. The van der Waals surface area contributed by atoms with E-state index in [0.29, 0.717) is 53.2 Å². The zero-order valence-corrected chi connectivity index (χ0v) is 26.2. The van der Waals surface area contributed by atoms with Crippen molar-refractivity contribution in [1.82, 2.24) is 29.1 Å². The number of carbonyl (C=O) groups excluding carboxylic acids is 1. The fraction of sp³-hybridized carbons (Fsp3) is 0.500. The standard InChI is InChI=1S/C30H41N7O4Si/c1-20(2)42(21(3)4,22(5)6)39-16-25-24(41-30(38)36-13-12-31-18-36)14-26(40-25)37-19-35-27-28(33-17-34-29(27)37)32-15-23-10-8-7-9-11-23/h7-13,17-22,24-26H,14-16H2,1-6H3,(H,32,33,34)/t24-,25+,26+/m0/s1. The molecule has 4 heterocycles. The Morgan fingerprint density at radius 1 is 1.05 bits per heavy atom. The summed E-state index contributed by atoms with van der Waals surface area (Å²) in [5.41, 5.74) is 3.67. The first-order valence-corrected chi connectivity index (χ1v) is 16.8. The van der Waals surface area contributed by atoms with Crippen LogP contribution in [0.2, 0.25) is 16.6 Å². The third kappa shape index (κ3) is 5.97. The Bertz CT molecular complexity index is 1440. The third-order valence-corrected chi connectivity index (χ3v) is 14.4. The number of hydrogen-bond donors (Lipinski definition) is 1. The summed E-state index contributed by atoms with van der Waals surface area (Å²) in [6, 6.07) is 10.1. The van der Waals surface area contributed by atoms with Gasteiger partial charge in [0.25, 0.3) is 0 Å². The first-order valence-electron chi connectivity index (χ1n) is 14.6. The predicted octanol–water partition coefficient (Wildman–Crippen LogP) is 6.17. The van der Waals surface area contributed by atoms with Crippen molar-refractivity contribution in [2.24, 2.45) is 0 Å². The summed E-state index contributed by atoms with van der Waals surface area (Å²) in [6.07, 6.45) is 6.27. The minimum Gasteiger partial charge on any atom is -0.443 e. The van der Waals surface area contributed by atoms with Crippen LogP contribution in [0.1, 0.15) is 59.8 Å². The number of aromatic nitrogens is 6. The molecule has 11 nitrogen and oxygen atoms in total. The number of rotatable bonds is 11. The number of hydrogen-bond acceptors (Lipinski definition) is 9. The lowest BCUT2D eigenvalue weighted by Crippen LogP contribution is -2.50. The SMILES string of the molecule is CC(C)[Si](OC[C@H]1O[C@@H](n2cnc3c(NCc4ccccc4)ncnc32)C[C@@H]1OC(=O)n1ccnc1)(C(C)C)C(C)C. The van der Waals surface area contributed by atoms with Gasteiger partial charge in [-0.2, -0.15) is 0 Å². The smallest absolute Gasteiger partial charge is 0.419 e. The van der Waals surface area contributed by atoms with E-state index in [1.807, 2.05) is 22.8 Å². The summed E-state index contributed by atoms with van der Waals surface area (Å²) in [5.74, 6) is 0.644. The molecule has 1 fully saturated rings. The normalized spacial score (nSPS) is 19.3. The van der Waals surface area contributed by atoms with Crippen LogP contribution in [-0.2, 0) is 20.4 Å². The molecule has 3 aromatic heterocycles. The maximum atomic E-state index is 12.9. The predicted molar refractivity (Wildman–Crippen MR) is 163 cm³/mol. The molecule has 0 bridgehead atoms. The van der Waals surface area contributed by atoms with Crippen molar-refractivity contribution in [3.8, 4) is 0 Å². The van der Waals surface area contributed by atoms with Crippen LogP contribution in [0.4, 0.5) is 10.6 Å². The van der Waals surface area contributed by atoms with Crippen molar-refractivity contribution in [3.63, 3.8) is 0 Å². The van der Waals surface area contributed by atoms with E-state index in [4.69, 9.17) is 13.9 Å². The van der Waals surface area contributed by atoms with Gasteiger partial charge in [0.15, 0.2) is 25.3 Å². The van der Waals surface area contributed by atoms with Crippen LogP contribution in [0.5, 0.6) is 0 Å². The second-order valence-corrected chi connectivity index (χ2v) is 17.2. The Morgan fingerprint density at radius 3 is 2.45 bits per heavy atom. The maximum Gasteiger partial charge on any atom is 0.419 e. The Kier molecular flexibility index (Phi) is 9.04. The van der Waals surface area contributed by atoms with Crippen LogP contribution in [0.15, 0.2) is 61.7 Å². The van der Waals surface area contributed by atoms with E-state index in [-0.39, 0.29) is 0 Å². The van der Waals surface area contributed by atoms with Crippen molar-refractivity contribution in [2.45, 2.75) is 89.6 Å². The van der Waals surface area contributed by atoms with Crippen molar-refractivity contribution in [1.29, 1.82) is 0 Å². The highest BCUT2D eigenvalue weighted by Crippen LogP contribution is 2.43. The molecule has 0 saturated carbocycles. The van der Waals surface area contributed by atoms with Crippen LogP contribution in [0, 0.1) is 0 Å². The monoisotopic (exact) mass is 591 g/mol. The molecule has 5 rings (SSSR count). The number of anilines is 1. The molecule has 12 heteroatoms. The maximum absolute atomic E-state index is 12.9. The molecule has 224 valence electrons. The van der Waals surface area contributed by atoms with E-state index in [0.717, 1.165) is 5.56 Å². The molecule has 3 atom stereocenters. The van der Waals surface area contributed by atoms with Gasteiger partial charge in [-0.25, -0.2) is 29.3 Å². The zero-order chi connectivity index (χ0) is 29.9. The largest absolute Gasteiger partial charge is 0.443 e. The Balaban J connectivity index is 1.39. The molecule has 0 aliphatic carbocycles. The fourth-order valence-electron chi connectivity index (χ4n) is 6.40. The molecule has 1 saturated heterocycles. The van der Waals surface area contributed by atoms with Gasteiger partial charge in [0.1, 0.15) is 31.1 Å². The number of ether oxygens (including phenoxy) is 2. The number of imidazole rings is 2. The summed E-state index contributed by atoms with van der Waals surface area (Å²) in [4.78, 5) is 30.5. The van der Waals surface area contributed by atoms with E-state index in [1.54, 1.807) is 18.7 Å². The minimum atomic E-state index is -2.18. The lowest BCUT2D eigenvalue weighted by Gasteiger charge is -2.42. The molecule has 1 N–H and O–H groups in total. The average Bonchev–Trinajstić information content (AvgIpc) is 3.73. The molecule has 1 aliphatic heterocycles. The fourth-order valence-corrected chi connectivity index (χ4v) is 11.9. The minimum absolute atomic E-state index is 0.338. The molecule has 1 aromatic carbocycles. The summed E-state index contributed by atoms with van der Waals surface area (Å²) < 4.78 is 22.7. The molecule has 0 amide bonds. The summed E-state index contributed by atoms with van der Waals surface area (Å²) in [6.45, 7) is 14.5. The number of benzene rings is 1. The number of carbonyl (C=O) groups is 1. The van der Waals surface area contributed by atoms with E-state index < -0.39 is 32.8 Å². The molecular formula is C30H41N7O4Si. The molecular weight excluding hydrogens is 550 g/mol. The van der Waals surface area contributed by atoms with Gasteiger partial charge in [-0.1, -0.05) is 71.9 Å². The van der Waals surface area contributed by atoms with Crippen LogP contribution >= 0.6 is 0 Å². The van der Waals surface area contributed by atoms with E-state index >= 15 is 0 Å². The third-order valence-electron chi connectivity index (χ3n) is 8.32. The van der Waals surface area contributed by atoms with E-state index in [9.17, 15) is 4.79 Å². The van der Waals surface area contributed by atoms with Crippen LogP contribution < -0.4 is 5.32 Å². The highest BCUT2D eigenvalue weighted by atomic mass is 28.4. The summed E-state index contributed by atoms with van der Waals surface area (Å²) in [5, 5.41) is 3.37. The van der Waals surface area contributed by atoms with Gasteiger partial charge in [0.2, 0.25) is 0 Å². The first-order chi connectivity index (χ1) is 20.2. The van der Waals surface area contributed by atoms with Crippen molar-refractivity contribution >= 4 is 31.4 Å². The summed E-state index contributed by atoms with van der Waals surface area (Å²) >= 11 is 0. The topological polar surface area (TPSA) is 118 Å². The molecule has 42 heavy (non-hydrogen) atoms. The zero-order valence-electron chi connectivity index (χ0n) is 25.2. The van der Waals surface area contributed by atoms with Gasteiger partial charge in [0.05, 0.1) is 12.9 Å². The molecule has 0 radical (unpaired) electrons. The van der Waals surface area contributed by atoms with Crippen LogP contribution in [0.25, 0.3) is 11.2 Å². The number of nitrogens with zero attached hydrogens (tertiary/aromatic N) is 6. The average molecular weight is 592 g/mol. The van der Waals surface area contributed by atoms with Gasteiger partial charge in [-0.3, -0.25) is 4.57 Å². The first kappa shape index (κ1) is 29.9. The van der Waals surface area contributed by atoms with E-state index in [2.05, 4.69) is 78.9 Å². The second-order valence-electron chi connectivity index (χ2n) is 11.8. The van der Waals surface area contributed by atoms with Crippen molar-refractivity contribution in [2.75, 3.05) is 11.9 Å². The Hall–Kier alpha value is -3.61. The molecule has 1 aliphatic rings. The van der Waals surface area contributed by atoms with Crippen LogP contribution in [-0.4, -0.2) is 62.3 Å². The van der Waals surface area contributed by atoms with Gasteiger partial charge in [0, 0.05) is 25.4 Å². The lowest BCUT2D eigenvalue weighted by atomic mass is 10.2. The van der Waals surface area contributed by atoms with Gasteiger partial charge < -0.3 is 19.2 Å². The molecule has 0 unspecified atom stereocenters. The quantitative estimate of drug-likeness (QED) is 0.204. The summed E-state index contributed by atoms with van der Waals surface area (Å²) in [7, 11) is -2.18. The highest BCUT2D eigenvalue weighted by molar-refractivity contribution is 6.77. The van der Waals surface area contributed by atoms with Gasteiger partial charge >= 0.3 is 6.09 Å². The Labute approximate surface area is 247 Å². The lowest BCUT2D eigenvalue weighted by molar-refractivity contribution is -0.0438. The van der Waals surface area contributed by atoms with Crippen molar-refractivity contribution < 1.29 is 18.7 Å². The molecule has 0 spiro atoms. The second kappa shape index (κ2) is 12.7. The number of nitrogens with one attached hydrogen (secondary N) is 1. The molecule has 4 aromatic rings. The Morgan fingerprint density at radius 2 is 1.79 bits per heavy atom. The van der Waals surface area contributed by atoms with Crippen molar-refractivity contribution in [3.05, 3.63) is 67.3 Å². The van der Waals surface area contributed by atoms with Crippen LogP contribution in [0.3, 0.4) is 0 Å². The number of fused-ring (bicyclic) bond motifs is 1. The van der Waals surface area contributed by atoms with Gasteiger partial charge in [-0.05, 0) is 22.2 Å².